The molecule has 6 nitrogen and oxygen atoms in total. The van der Waals surface area contributed by atoms with Crippen molar-refractivity contribution in [3.05, 3.63) is 17.4 Å². The van der Waals surface area contributed by atoms with Crippen molar-refractivity contribution in [1.82, 2.24) is 9.88 Å². The smallest absolute Gasteiger partial charge is 0.342 e. The standard InChI is InChI=1S/C16H23FN4O2/c1-3-23-16(22)12-10-13(17)15(19-14(12)18-11-4-5-11)21-8-6-20(2)7-9-21/h10-11H,3-9H2,1-2H3,(H,18,19). The Morgan fingerprint density at radius 2 is 2.09 bits per heavy atom. The van der Waals surface area contributed by atoms with Crippen LogP contribution in [0.5, 0.6) is 0 Å². The summed E-state index contributed by atoms with van der Waals surface area (Å²) in [7, 11) is 2.05. The highest BCUT2D eigenvalue weighted by Crippen LogP contribution is 2.29. The van der Waals surface area contributed by atoms with Crippen molar-refractivity contribution in [2.24, 2.45) is 0 Å². The lowest BCUT2D eigenvalue weighted by atomic mass is 10.2. The van der Waals surface area contributed by atoms with E-state index in [2.05, 4.69) is 15.2 Å². The van der Waals surface area contributed by atoms with Crippen molar-refractivity contribution in [2.45, 2.75) is 25.8 Å². The molecule has 2 heterocycles. The first-order valence-electron chi connectivity index (χ1n) is 8.16. The van der Waals surface area contributed by atoms with Gasteiger partial charge in [-0.2, -0.15) is 0 Å². The van der Waals surface area contributed by atoms with E-state index < -0.39 is 11.8 Å². The van der Waals surface area contributed by atoms with E-state index in [4.69, 9.17) is 4.74 Å². The molecule has 23 heavy (non-hydrogen) atoms. The predicted octanol–water partition coefficient (Wildman–Crippen LogP) is 1.72. The van der Waals surface area contributed by atoms with Crippen molar-refractivity contribution in [3.63, 3.8) is 0 Å². The number of piperazine rings is 1. The van der Waals surface area contributed by atoms with Gasteiger partial charge in [-0.25, -0.2) is 14.2 Å². The number of hydrogen-bond acceptors (Lipinski definition) is 6. The number of esters is 1. The number of carbonyl (C=O) groups excluding carboxylic acids is 1. The summed E-state index contributed by atoms with van der Waals surface area (Å²) in [5.74, 6) is -0.262. The molecule has 1 N–H and O–H groups in total. The monoisotopic (exact) mass is 322 g/mol. The Kier molecular flexibility index (Phi) is 4.66. The summed E-state index contributed by atoms with van der Waals surface area (Å²) < 4.78 is 19.5. The number of likely N-dealkylation sites (N-methyl/N-ethyl adjacent to an activating group) is 1. The zero-order valence-electron chi connectivity index (χ0n) is 13.6. The SMILES string of the molecule is CCOC(=O)c1cc(F)c(N2CCN(C)CC2)nc1NC1CC1. The van der Waals surface area contributed by atoms with Gasteiger partial charge >= 0.3 is 5.97 Å². The zero-order valence-corrected chi connectivity index (χ0v) is 13.6. The summed E-state index contributed by atoms with van der Waals surface area (Å²) in [5.41, 5.74) is 0.175. The van der Waals surface area contributed by atoms with E-state index >= 15 is 0 Å². The van der Waals surface area contributed by atoms with Gasteiger partial charge in [-0.15, -0.1) is 0 Å². The maximum absolute atomic E-state index is 14.5. The maximum atomic E-state index is 14.5. The lowest BCUT2D eigenvalue weighted by molar-refractivity contribution is 0.0526. The summed E-state index contributed by atoms with van der Waals surface area (Å²) >= 11 is 0. The number of pyridine rings is 1. The molecule has 1 aromatic rings. The second-order valence-electron chi connectivity index (χ2n) is 6.12. The summed E-state index contributed by atoms with van der Waals surface area (Å²) in [6.07, 6.45) is 2.09. The first kappa shape index (κ1) is 16.0. The third-order valence-corrected chi connectivity index (χ3v) is 4.17. The van der Waals surface area contributed by atoms with Gasteiger partial charge < -0.3 is 19.9 Å². The maximum Gasteiger partial charge on any atom is 0.342 e. The van der Waals surface area contributed by atoms with Crippen molar-refractivity contribution < 1.29 is 13.9 Å². The Morgan fingerprint density at radius 1 is 1.39 bits per heavy atom. The molecule has 1 aromatic heterocycles. The number of aromatic nitrogens is 1. The summed E-state index contributed by atoms with van der Waals surface area (Å²) in [4.78, 5) is 20.6. The second kappa shape index (κ2) is 6.70. The van der Waals surface area contributed by atoms with Gasteiger partial charge in [0.25, 0.3) is 0 Å². The molecule has 3 rings (SSSR count). The minimum absolute atomic E-state index is 0.175. The highest BCUT2D eigenvalue weighted by Gasteiger charge is 2.28. The van der Waals surface area contributed by atoms with E-state index in [0.29, 0.717) is 17.7 Å². The van der Waals surface area contributed by atoms with Crippen LogP contribution in [0.2, 0.25) is 0 Å². The van der Waals surface area contributed by atoms with Gasteiger partial charge in [0.05, 0.1) is 6.61 Å². The van der Waals surface area contributed by atoms with Crippen LogP contribution in [0.15, 0.2) is 6.07 Å². The highest BCUT2D eigenvalue weighted by atomic mass is 19.1. The van der Waals surface area contributed by atoms with Gasteiger partial charge in [-0.1, -0.05) is 0 Å². The number of halogens is 1. The Balaban J connectivity index is 1.89. The number of ether oxygens (including phenoxy) is 1. The highest BCUT2D eigenvalue weighted by molar-refractivity contribution is 5.95. The zero-order chi connectivity index (χ0) is 16.4. The van der Waals surface area contributed by atoms with Gasteiger partial charge in [0, 0.05) is 32.2 Å². The molecule has 2 fully saturated rings. The van der Waals surface area contributed by atoms with Gasteiger partial charge in [0.15, 0.2) is 11.6 Å². The van der Waals surface area contributed by atoms with Gasteiger partial charge in [0.2, 0.25) is 0 Å². The van der Waals surface area contributed by atoms with Crippen molar-refractivity contribution >= 4 is 17.6 Å². The topological polar surface area (TPSA) is 57.7 Å². The van der Waals surface area contributed by atoms with E-state index in [0.717, 1.165) is 39.0 Å². The first-order valence-corrected chi connectivity index (χ1v) is 8.16. The molecule has 126 valence electrons. The largest absolute Gasteiger partial charge is 0.462 e. The average Bonchev–Trinajstić information content (AvgIpc) is 3.34. The van der Waals surface area contributed by atoms with Crippen LogP contribution in [0.4, 0.5) is 16.0 Å². The molecule has 0 atom stereocenters. The van der Waals surface area contributed by atoms with Crippen molar-refractivity contribution in [3.8, 4) is 0 Å². The van der Waals surface area contributed by atoms with Crippen LogP contribution in [-0.4, -0.2) is 61.7 Å². The third kappa shape index (κ3) is 3.72. The minimum Gasteiger partial charge on any atom is -0.462 e. The van der Waals surface area contributed by atoms with E-state index in [1.54, 1.807) is 6.92 Å². The summed E-state index contributed by atoms with van der Waals surface area (Å²) in [5, 5.41) is 3.22. The Morgan fingerprint density at radius 3 is 2.70 bits per heavy atom. The van der Waals surface area contributed by atoms with Crippen molar-refractivity contribution in [2.75, 3.05) is 50.1 Å². The number of hydrogen-bond donors (Lipinski definition) is 1. The van der Waals surface area contributed by atoms with E-state index in [1.807, 2.05) is 11.9 Å². The van der Waals surface area contributed by atoms with Crippen LogP contribution in [0, 0.1) is 5.82 Å². The van der Waals surface area contributed by atoms with E-state index in [1.165, 1.54) is 6.07 Å². The molecule has 2 aliphatic rings. The van der Waals surface area contributed by atoms with Crippen LogP contribution < -0.4 is 10.2 Å². The number of carbonyl (C=O) groups is 1. The van der Waals surface area contributed by atoms with Crippen LogP contribution in [0.1, 0.15) is 30.1 Å². The predicted molar refractivity (Wildman–Crippen MR) is 86.5 cm³/mol. The Bertz CT molecular complexity index is 584. The molecule has 1 aliphatic heterocycles. The molecule has 1 saturated heterocycles. The van der Waals surface area contributed by atoms with Gasteiger partial charge in [-0.05, 0) is 32.9 Å². The quantitative estimate of drug-likeness (QED) is 0.833. The molecule has 0 radical (unpaired) electrons. The first-order chi connectivity index (χ1) is 11.1. The third-order valence-electron chi connectivity index (χ3n) is 4.17. The molecule has 1 aliphatic carbocycles. The lowest BCUT2D eigenvalue weighted by Gasteiger charge is -2.33. The van der Waals surface area contributed by atoms with Gasteiger partial charge in [0.1, 0.15) is 11.4 Å². The summed E-state index contributed by atoms with van der Waals surface area (Å²) in [6.45, 7) is 5.17. The van der Waals surface area contributed by atoms with E-state index in [9.17, 15) is 9.18 Å². The van der Waals surface area contributed by atoms with Gasteiger partial charge in [-0.3, -0.25) is 0 Å². The van der Waals surface area contributed by atoms with Crippen LogP contribution >= 0.6 is 0 Å². The molecular formula is C16H23FN4O2. The molecular weight excluding hydrogens is 299 g/mol. The lowest BCUT2D eigenvalue weighted by Crippen LogP contribution is -2.45. The van der Waals surface area contributed by atoms with Crippen LogP contribution in [0.25, 0.3) is 0 Å². The minimum atomic E-state index is -0.535. The molecule has 0 aromatic carbocycles. The Hall–Kier alpha value is -1.89. The van der Waals surface area contributed by atoms with Crippen molar-refractivity contribution in [1.29, 1.82) is 0 Å². The second-order valence-corrected chi connectivity index (χ2v) is 6.12. The molecule has 0 unspecified atom stereocenters. The number of rotatable bonds is 5. The Labute approximate surface area is 135 Å². The summed E-state index contributed by atoms with van der Waals surface area (Å²) in [6, 6.07) is 1.57. The fraction of sp³-hybridized carbons (Fsp3) is 0.625. The molecule has 0 spiro atoms. The number of nitrogens with one attached hydrogen (secondary N) is 1. The van der Waals surface area contributed by atoms with Crippen LogP contribution in [0.3, 0.4) is 0 Å². The van der Waals surface area contributed by atoms with Crippen LogP contribution in [-0.2, 0) is 4.74 Å². The number of anilines is 2. The molecule has 0 bridgehead atoms. The molecule has 0 amide bonds. The fourth-order valence-corrected chi connectivity index (χ4v) is 2.61. The molecule has 1 saturated carbocycles. The van der Waals surface area contributed by atoms with E-state index in [-0.39, 0.29) is 12.2 Å². The molecule has 7 heteroatoms. The average molecular weight is 322 g/mol. The normalized spacial score (nSPS) is 18.8. The fourth-order valence-electron chi connectivity index (χ4n) is 2.61. The number of nitrogens with zero attached hydrogens (tertiary/aromatic N) is 3.